The number of halogens is 3. The van der Waals surface area contributed by atoms with E-state index in [9.17, 15) is 4.39 Å². The quantitative estimate of drug-likeness (QED) is 0.269. The predicted octanol–water partition coefficient (Wildman–Crippen LogP) is 3.52. The second-order valence-electron chi connectivity index (χ2n) is 5.89. The lowest BCUT2D eigenvalue weighted by molar-refractivity contribution is 0.537. The van der Waals surface area contributed by atoms with Gasteiger partial charge < -0.3 is 15.9 Å². The van der Waals surface area contributed by atoms with Crippen molar-refractivity contribution in [2.45, 2.75) is 0 Å². The molecule has 0 aliphatic heterocycles. The van der Waals surface area contributed by atoms with E-state index in [0.29, 0.717) is 27.5 Å². The number of nitrogen functional groups attached to an aromatic ring is 1. The fourth-order valence-corrected chi connectivity index (χ4v) is 2.45. The third kappa shape index (κ3) is 8.24. The molecular weight excluding hydrogens is 563 g/mol. The molecule has 0 radical (unpaired) electrons. The number of nitrogens with two attached hydrogens (primary N) is 1. The van der Waals surface area contributed by atoms with Gasteiger partial charge in [-0.25, -0.2) is 24.6 Å². The molecule has 0 bridgehead atoms. The molecule has 0 fully saturated rings. The van der Waals surface area contributed by atoms with Crippen molar-refractivity contribution in [1.82, 2.24) is 39.5 Å². The highest BCUT2D eigenvalue weighted by molar-refractivity contribution is 9.10. The lowest BCUT2D eigenvalue weighted by Gasteiger charge is -2.00. The Morgan fingerprint density at radius 2 is 1.58 bits per heavy atom. The summed E-state index contributed by atoms with van der Waals surface area (Å²) in [5, 5.41) is 19.5. The zero-order valence-electron chi connectivity index (χ0n) is 17.1. The molecule has 0 spiro atoms. The first-order valence-corrected chi connectivity index (χ1v) is 10.3. The molecule has 4 aromatic rings. The summed E-state index contributed by atoms with van der Waals surface area (Å²) in [7, 11) is 3.47. The number of aryl methyl sites for hydroxylation is 2. The van der Waals surface area contributed by atoms with Crippen LogP contribution in [-0.4, -0.2) is 39.5 Å². The number of anilines is 3. The average Bonchev–Trinajstić information content (AvgIpc) is 3.32. The van der Waals surface area contributed by atoms with Gasteiger partial charge >= 0.3 is 11.9 Å². The molecule has 0 saturated heterocycles. The van der Waals surface area contributed by atoms with E-state index in [2.05, 4.69) is 72.2 Å². The first kappa shape index (κ1) is 25.3. The van der Waals surface area contributed by atoms with Crippen molar-refractivity contribution >= 4 is 55.0 Å². The van der Waals surface area contributed by atoms with Gasteiger partial charge in [0.25, 0.3) is 0 Å². The maximum Gasteiger partial charge on any atom is 0.317 e. The van der Waals surface area contributed by atoms with Gasteiger partial charge in [0.2, 0.25) is 5.95 Å². The van der Waals surface area contributed by atoms with Gasteiger partial charge in [0.1, 0.15) is 6.07 Å². The summed E-state index contributed by atoms with van der Waals surface area (Å²) in [4.78, 5) is 17.7. The molecule has 12 nitrogen and oxygen atoms in total. The highest BCUT2D eigenvalue weighted by Crippen LogP contribution is 2.17. The fraction of sp³-hybridized carbons (Fsp3) is 0.111. The molecule has 0 atom stereocenters. The third-order valence-electron chi connectivity index (χ3n) is 3.33. The molecule has 15 heteroatoms. The molecule has 0 aliphatic carbocycles. The van der Waals surface area contributed by atoms with Crippen LogP contribution in [0.15, 0.2) is 46.1 Å². The van der Waals surface area contributed by atoms with Crippen molar-refractivity contribution in [2.24, 2.45) is 14.1 Å². The van der Waals surface area contributed by atoms with E-state index in [0.717, 1.165) is 4.47 Å². The topological polar surface area (TPSA) is 153 Å². The molecule has 4 heterocycles. The van der Waals surface area contributed by atoms with Crippen molar-refractivity contribution < 1.29 is 4.39 Å². The predicted molar refractivity (Wildman–Crippen MR) is 125 cm³/mol. The van der Waals surface area contributed by atoms with E-state index in [1.807, 2.05) is 6.07 Å². The van der Waals surface area contributed by atoms with Crippen molar-refractivity contribution in [2.75, 3.05) is 11.1 Å². The van der Waals surface area contributed by atoms with Crippen LogP contribution in [0.1, 0.15) is 5.69 Å². The standard InChI is InChI=1S/C9H7BrN6.C5H6N4.C4H2BrFN2/c1-16-5-8(7(2-11)15-16)14-9-12-3-6(10)4-13-9;1-7-5-4(6)3-9(2)8-5;5-3-1-7-4(6)8-2-3/h3-5H,1H3,(H,12,13,14);3H,6H2,2H3;1-2H. The maximum absolute atomic E-state index is 11.8. The van der Waals surface area contributed by atoms with Gasteiger partial charge in [-0.15, -0.1) is 0 Å². The number of nitrogens with one attached hydrogen (secondary N) is 1. The van der Waals surface area contributed by atoms with Crippen LogP contribution in [0, 0.1) is 24.0 Å². The minimum Gasteiger partial charge on any atom is -0.404 e. The molecule has 0 amide bonds. The van der Waals surface area contributed by atoms with Crippen molar-refractivity contribution in [3.8, 4) is 6.07 Å². The van der Waals surface area contributed by atoms with Gasteiger partial charge in [0.05, 0.1) is 26.5 Å². The Morgan fingerprint density at radius 1 is 1.03 bits per heavy atom. The van der Waals surface area contributed by atoms with E-state index in [1.165, 1.54) is 17.1 Å². The Balaban J connectivity index is 0.000000192. The van der Waals surface area contributed by atoms with Crippen LogP contribution in [0.5, 0.6) is 0 Å². The number of nitrogens with zero attached hydrogens (tertiary/aromatic N) is 10. The molecule has 0 saturated carbocycles. The zero-order chi connectivity index (χ0) is 24.4. The highest BCUT2D eigenvalue weighted by Gasteiger charge is 2.08. The van der Waals surface area contributed by atoms with Crippen LogP contribution in [0.3, 0.4) is 0 Å². The summed E-state index contributed by atoms with van der Waals surface area (Å²) < 4.78 is 16.4. The van der Waals surface area contributed by atoms with E-state index in [-0.39, 0.29) is 5.82 Å². The molecule has 0 aromatic carbocycles. The monoisotopic (exact) mass is 576 g/mol. The minimum absolute atomic E-state index is 0.275. The number of aromatic nitrogens is 8. The molecule has 168 valence electrons. The molecule has 4 rings (SSSR count). The first-order valence-electron chi connectivity index (χ1n) is 8.69. The summed E-state index contributed by atoms with van der Waals surface area (Å²) in [6.45, 7) is 6.57. The first-order chi connectivity index (χ1) is 15.7. The lowest BCUT2D eigenvalue weighted by Crippen LogP contribution is -1.96. The Hall–Kier alpha value is -3.95. The fourth-order valence-electron chi connectivity index (χ4n) is 2.04. The summed E-state index contributed by atoms with van der Waals surface area (Å²) in [5.74, 6) is 0.699. The Bertz CT molecular complexity index is 1250. The largest absolute Gasteiger partial charge is 0.404 e. The van der Waals surface area contributed by atoms with E-state index >= 15 is 0 Å². The summed E-state index contributed by atoms with van der Waals surface area (Å²) in [6.07, 6.45) is 8.55. The van der Waals surface area contributed by atoms with Crippen LogP contribution in [0.25, 0.3) is 4.85 Å². The van der Waals surface area contributed by atoms with Gasteiger partial charge in [0, 0.05) is 45.1 Å². The second kappa shape index (κ2) is 12.2. The minimum atomic E-state index is -0.701. The molecule has 3 N–H and O–H groups in total. The van der Waals surface area contributed by atoms with E-state index in [4.69, 9.17) is 17.6 Å². The molecule has 4 aromatic heterocycles. The average molecular weight is 578 g/mol. The van der Waals surface area contributed by atoms with Crippen LogP contribution < -0.4 is 11.1 Å². The zero-order valence-corrected chi connectivity index (χ0v) is 20.3. The Labute approximate surface area is 204 Å². The normalized spacial score (nSPS) is 9.42. The van der Waals surface area contributed by atoms with E-state index in [1.54, 1.807) is 43.6 Å². The maximum atomic E-state index is 11.8. The van der Waals surface area contributed by atoms with Crippen LogP contribution in [-0.2, 0) is 14.1 Å². The lowest BCUT2D eigenvalue weighted by atomic mass is 10.4. The van der Waals surface area contributed by atoms with Crippen LogP contribution >= 0.6 is 31.9 Å². The van der Waals surface area contributed by atoms with Gasteiger partial charge in [0.15, 0.2) is 5.69 Å². The number of nitriles is 1. The highest BCUT2D eigenvalue weighted by atomic mass is 79.9. The second-order valence-corrected chi connectivity index (χ2v) is 7.72. The molecule has 0 unspecified atom stereocenters. The van der Waals surface area contributed by atoms with Gasteiger partial charge in [-0.2, -0.15) is 14.8 Å². The molecular formula is C18H15Br2FN12. The van der Waals surface area contributed by atoms with Gasteiger partial charge in [-0.05, 0) is 37.0 Å². The Morgan fingerprint density at radius 3 is 2.00 bits per heavy atom. The van der Waals surface area contributed by atoms with Crippen LogP contribution in [0.2, 0.25) is 0 Å². The van der Waals surface area contributed by atoms with Crippen molar-refractivity contribution in [3.63, 3.8) is 0 Å². The Kier molecular flexibility index (Phi) is 9.34. The summed E-state index contributed by atoms with van der Waals surface area (Å²) in [6, 6.07) is 1.99. The third-order valence-corrected chi connectivity index (χ3v) is 4.15. The SMILES string of the molecule is Cn1cc(Nc2ncc(Br)cn2)c(C#N)n1.Fc1ncc(Br)cn1.[C-]#[N+]c1nn(C)cc1N. The number of rotatable bonds is 2. The van der Waals surface area contributed by atoms with Crippen LogP contribution in [0.4, 0.5) is 27.5 Å². The van der Waals surface area contributed by atoms with Crippen molar-refractivity contribution in [3.05, 3.63) is 69.3 Å². The molecule has 33 heavy (non-hydrogen) atoms. The number of hydrogen-bond acceptors (Lipinski definition) is 9. The summed E-state index contributed by atoms with van der Waals surface area (Å²) in [5.41, 5.74) is 6.70. The van der Waals surface area contributed by atoms with Gasteiger partial charge in [-0.1, -0.05) is 6.57 Å². The summed E-state index contributed by atoms with van der Waals surface area (Å²) >= 11 is 6.30. The smallest absolute Gasteiger partial charge is 0.317 e. The number of hydrogen-bond donors (Lipinski definition) is 2. The van der Waals surface area contributed by atoms with Crippen molar-refractivity contribution in [1.29, 1.82) is 5.26 Å². The van der Waals surface area contributed by atoms with Gasteiger partial charge in [-0.3, -0.25) is 4.68 Å². The van der Waals surface area contributed by atoms with E-state index < -0.39 is 6.08 Å². The molecule has 0 aliphatic rings.